The lowest BCUT2D eigenvalue weighted by molar-refractivity contribution is -0.117. The van der Waals surface area contributed by atoms with Gasteiger partial charge < -0.3 is 15.0 Å². The van der Waals surface area contributed by atoms with Gasteiger partial charge in [0.2, 0.25) is 0 Å². The molecule has 2 heterocycles. The number of piperidine rings is 1. The molecule has 8 nitrogen and oxygen atoms in total. The molecule has 0 saturated carbocycles. The van der Waals surface area contributed by atoms with Crippen LogP contribution in [0.1, 0.15) is 50.2 Å². The summed E-state index contributed by atoms with van der Waals surface area (Å²) in [5.74, 6) is -1.37. The number of thiazole rings is 1. The maximum atomic E-state index is 12.6. The van der Waals surface area contributed by atoms with Gasteiger partial charge in [0.25, 0.3) is 5.91 Å². The molecule has 30 heavy (non-hydrogen) atoms. The van der Waals surface area contributed by atoms with Crippen molar-refractivity contribution in [2.45, 2.75) is 52.7 Å². The van der Waals surface area contributed by atoms with Crippen molar-refractivity contribution in [3.63, 3.8) is 0 Å². The molecule has 1 aliphatic heterocycles. The van der Waals surface area contributed by atoms with Gasteiger partial charge in [-0.05, 0) is 39.2 Å². The Bertz CT molecular complexity index is 825. The molecule has 1 saturated heterocycles. The Morgan fingerprint density at radius 3 is 2.80 bits per heavy atom. The molecular formula is C19H26ClFN4O4S. The summed E-state index contributed by atoms with van der Waals surface area (Å²) in [5.41, 5.74) is 1.09. The first-order valence-electron chi connectivity index (χ1n) is 9.61. The van der Waals surface area contributed by atoms with Crippen molar-refractivity contribution in [2.24, 2.45) is 4.99 Å². The Hall–Kier alpha value is -2.04. The first-order chi connectivity index (χ1) is 14.3. The summed E-state index contributed by atoms with van der Waals surface area (Å²) in [6, 6.07) is -0.217. The molecule has 1 aromatic heterocycles. The van der Waals surface area contributed by atoms with Gasteiger partial charge in [0.15, 0.2) is 5.13 Å². The van der Waals surface area contributed by atoms with E-state index in [0.717, 1.165) is 23.3 Å². The third-order valence-corrected chi connectivity index (χ3v) is 5.95. The predicted octanol–water partition coefficient (Wildman–Crippen LogP) is 3.63. The smallest absolute Gasteiger partial charge is 0.374 e. The fraction of sp³-hybridized carbons (Fsp3) is 0.579. The van der Waals surface area contributed by atoms with E-state index in [-0.39, 0.29) is 28.6 Å². The second-order valence-electron chi connectivity index (χ2n) is 7.08. The quantitative estimate of drug-likeness (QED) is 0.470. The SMILES string of the molecule is CCCO[C@H]1CN(c2ncc(C(=O)OF)s2)CCC1NC(=O)/C(C)=N/C(Cl)=C(C)C. The highest BCUT2D eigenvalue weighted by Crippen LogP contribution is 2.27. The van der Waals surface area contributed by atoms with Crippen LogP contribution in [0.5, 0.6) is 0 Å². The molecule has 2 rings (SSSR count). The van der Waals surface area contributed by atoms with Crippen LogP contribution >= 0.6 is 22.9 Å². The van der Waals surface area contributed by atoms with Gasteiger partial charge in [-0.15, -0.1) is 0 Å². The number of aromatic nitrogens is 1. The fourth-order valence-electron chi connectivity index (χ4n) is 2.82. The van der Waals surface area contributed by atoms with E-state index >= 15 is 0 Å². The van der Waals surface area contributed by atoms with E-state index in [1.165, 1.54) is 6.20 Å². The molecule has 1 fully saturated rings. The van der Waals surface area contributed by atoms with Gasteiger partial charge in [0.05, 0.1) is 18.3 Å². The van der Waals surface area contributed by atoms with E-state index in [0.29, 0.717) is 36.4 Å². The van der Waals surface area contributed by atoms with Crippen LogP contribution < -0.4 is 10.2 Å². The van der Waals surface area contributed by atoms with E-state index in [2.05, 4.69) is 20.2 Å². The van der Waals surface area contributed by atoms with Gasteiger partial charge in [-0.3, -0.25) is 4.79 Å². The summed E-state index contributed by atoms with van der Waals surface area (Å²) in [4.78, 5) is 37.5. The molecule has 1 aromatic rings. The Labute approximate surface area is 184 Å². The van der Waals surface area contributed by atoms with E-state index in [1.807, 2.05) is 25.7 Å². The number of nitrogens with zero attached hydrogens (tertiary/aromatic N) is 3. The van der Waals surface area contributed by atoms with Crippen molar-refractivity contribution in [2.75, 3.05) is 24.6 Å². The molecule has 2 atom stereocenters. The normalized spacial score (nSPS) is 19.4. The van der Waals surface area contributed by atoms with Crippen molar-refractivity contribution in [1.29, 1.82) is 0 Å². The largest absolute Gasteiger partial charge is 0.391 e. The minimum Gasteiger partial charge on any atom is -0.374 e. The monoisotopic (exact) mass is 460 g/mol. The minimum absolute atomic E-state index is 0.0805. The molecule has 1 N–H and O–H groups in total. The van der Waals surface area contributed by atoms with E-state index in [9.17, 15) is 14.1 Å². The third kappa shape index (κ3) is 6.48. The average Bonchev–Trinajstić information content (AvgIpc) is 3.22. The number of rotatable bonds is 8. The van der Waals surface area contributed by atoms with E-state index in [1.54, 1.807) is 6.92 Å². The molecule has 0 spiro atoms. The number of allylic oxidation sites excluding steroid dienone is 1. The van der Waals surface area contributed by atoms with Crippen molar-refractivity contribution < 1.29 is 23.8 Å². The van der Waals surface area contributed by atoms with Crippen LogP contribution in [-0.4, -0.2) is 54.4 Å². The van der Waals surface area contributed by atoms with Crippen LogP contribution in [0.15, 0.2) is 21.9 Å². The number of amides is 1. The number of halogens is 2. The van der Waals surface area contributed by atoms with E-state index < -0.39 is 5.97 Å². The maximum absolute atomic E-state index is 12.6. The molecular weight excluding hydrogens is 435 g/mol. The summed E-state index contributed by atoms with van der Waals surface area (Å²) in [6.07, 6.45) is 2.43. The highest BCUT2D eigenvalue weighted by molar-refractivity contribution is 7.17. The number of nitrogens with one attached hydrogen (secondary N) is 1. The average molecular weight is 461 g/mol. The number of carbonyl (C=O) groups excluding carboxylic acids is 2. The second-order valence-corrected chi connectivity index (χ2v) is 8.45. The molecule has 0 aliphatic carbocycles. The molecule has 166 valence electrons. The number of anilines is 1. The number of hydrogen-bond donors (Lipinski definition) is 1. The maximum Gasteiger partial charge on any atom is 0.391 e. The van der Waals surface area contributed by atoms with Crippen molar-refractivity contribution >= 4 is 45.7 Å². The van der Waals surface area contributed by atoms with Crippen molar-refractivity contribution in [1.82, 2.24) is 10.3 Å². The minimum atomic E-state index is -1.07. The second kappa shape index (κ2) is 11.4. The highest BCUT2D eigenvalue weighted by Gasteiger charge is 2.33. The van der Waals surface area contributed by atoms with Crippen molar-refractivity contribution in [3.05, 3.63) is 21.8 Å². The zero-order chi connectivity index (χ0) is 22.3. The number of hydrogen-bond acceptors (Lipinski definition) is 8. The summed E-state index contributed by atoms with van der Waals surface area (Å²) in [5, 5.41) is 3.85. The van der Waals surface area contributed by atoms with Crippen LogP contribution in [0, 0.1) is 0 Å². The van der Waals surface area contributed by atoms with Gasteiger partial charge in [0, 0.05) is 24.2 Å². The van der Waals surface area contributed by atoms with Crippen LogP contribution in [0.2, 0.25) is 0 Å². The zero-order valence-electron chi connectivity index (χ0n) is 17.4. The Morgan fingerprint density at radius 1 is 1.43 bits per heavy atom. The third-order valence-electron chi connectivity index (χ3n) is 4.45. The predicted molar refractivity (Wildman–Crippen MR) is 115 cm³/mol. The van der Waals surface area contributed by atoms with Crippen LogP contribution in [0.3, 0.4) is 0 Å². The lowest BCUT2D eigenvalue weighted by atomic mass is 10.0. The van der Waals surface area contributed by atoms with Gasteiger partial charge in [-0.1, -0.05) is 29.9 Å². The summed E-state index contributed by atoms with van der Waals surface area (Å²) in [6.45, 7) is 8.84. The molecule has 1 aliphatic rings. The summed E-state index contributed by atoms with van der Waals surface area (Å²) >= 11 is 7.08. The molecule has 11 heteroatoms. The summed E-state index contributed by atoms with van der Waals surface area (Å²) < 4.78 is 18.1. The highest BCUT2D eigenvalue weighted by atomic mass is 35.5. The molecule has 0 radical (unpaired) electrons. The molecule has 1 unspecified atom stereocenters. The number of ether oxygens (including phenoxy) is 1. The number of aliphatic imine (C=N–C) groups is 1. The van der Waals surface area contributed by atoms with E-state index in [4.69, 9.17) is 16.3 Å². The van der Waals surface area contributed by atoms with Gasteiger partial charge >= 0.3 is 5.97 Å². The Morgan fingerprint density at radius 2 is 2.17 bits per heavy atom. The topological polar surface area (TPSA) is 93.1 Å². The molecule has 0 aromatic carbocycles. The summed E-state index contributed by atoms with van der Waals surface area (Å²) in [7, 11) is 0. The lowest BCUT2D eigenvalue weighted by Gasteiger charge is -2.38. The van der Waals surface area contributed by atoms with Crippen LogP contribution in [-0.2, 0) is 14.5 Å². The van der Waals surface area contributed by atoms with Gasteiger partial charge in [0.1, 0.15) is 15.7 Å². The standard InChI is InChI=1S/C19H26ClFN4O4S/c1-5-8-28-14-10-25(19-22-9-15(30-19)18(27)29-21)7-6-13(14)24-17(26)12(4)23-16(20)11(2)3/h9,13-14H,5-8,10H2,1-4H3,(H,24,26)/b23-12+/t13?,14-/m0/s1. The molecule has 1 amide bonds. The zero-order valence-corrected chi connectivity index (χ0v) is 19.0. The number of carbonyl (C=O) groups is 2. The van der Waals surface area contributed by atoms with Crippen LogP contribution in [0.4, 0.5) is 9.66 Å². The fourth-order valence-corrected chi connectivity index (χ4v) is 3.76. The molecule has 0 bridgehead atoms. The van der Waals surface area contributed by atoms with Gasteiger partial charge in [-0.2, -0.15) is 0 Å². The lowest BCUT2D eigenvalue weighted by Crippen LogP contribution is -2.56. The van der Waals surface area contributed by atoms with Crippen molar-refractivity contribution in [3.8, 4) is 0 Å². The first-order valence-corrected chi connectivity index (χ1v) is 10.8. The Kier molecular flexibility index (Phi) is 9.19. The first kappa shape index (κ1) is 24.2. The Balaban J connectivity index is 2.09. The van der Waals surface area contributed by atoms with Crippen LogP contribution in [0.25, 0.3) is 0 Å². The van der Waals surface area contributed by atoms with Gasteiger partial charge in [-0.25, -0.2) is 19.7 Å².